The van der Waals surface area contributed by atoms with Crippen LogP contribution in [0.5, 0.6) is 0 Å². The van der Waals surface area contributed by atoms with Crippen molar-refractivity contribution in [1.29, 1.82) is 0 Å². The molecule has 0 aliphatic heterocycles. The van der Waals surface area contributed by atoms with E-state index >= 15 is 0 Å². The van der Waals surface area contributed by atoms with Crippen LogP contribution in [0.2, 0.25) is 5.02 Å². The Morgan fingerprint density at radius 1 is 1.11 bits per heavy atom. The van der Waals surface area contributed by atoms with Crippen LogP contribution in [0.25, 0.3) is 10.8 Å². The number of halogens is 1. The fraction of sp³-hybridized carbons (Fsp3) is 0. The van der Waals surface area contributed by atoms with Gasteiger partial charge in [-0.2, -0.15) is 0 Å². The highest BCUT2D eigenvalue weighted by Gasteiger charge is 2.19. The molecule has 0 atom stereocenters. The van der Waals surface area contributed by atoms with Gasteiger partial charge in [-0.3, -0.25) is 0 Å². The first-order chi connectivity index (χ1) is 8.43. The topological polar surface area (TPSA) is 101 Å². The van der Waals surface area contributed by atoms with Crippen molar-refractivity contribution in [3.8, 4) is 0 Å². The number of carboxylic acids is 2. The highest BCUT2D eigenvalue weighted by molar-refractivity contribution is 6.36. The molecule has 6 heteroatoms. The number of carbonyl (C=O) groups is 2. The molecule has 2 aromatic rings. The fourth-order valence-electron chi connectivity index (χ4n) is 1.82. The summed E-state index contributed by atoms with van der Waals surface area (Å²) in [5.41, 5.74) is 5.61. The minimum atomic E-state index is -1.25. The lowest BCUT2D eigenvalue weighted by Crippen LogP contribution is -2.05. The van der Waals surface area contributed by atoms with Crippen LogP contribution in [-0.2, 0) is 0 Å². The molecule has 0 heterocycles. The van der Waals surface area contributed by atoms with Gasteiger partial charge in [-0.25, -0.2) is 9.59 Å². The highest BCUT2D eigenvalue weighted by Crippen LogP contribution is 2.33. The van der Waals surface area contributed by atoms with E-state index in [0.717, 1.165) is 6.07 Å². The second kappa shape index (κ2) is 4.19. The molecule has 4 N–H and O–H groups in total. The summed E-state index contributed by atoms with van der Waals surface area (Å²) in [7, 11) is 0. The van der Waals surface area contributed by atoms with E-state index in [2.05, 4.69) is 0 Å². The third kappa shape index (κ3) is 1.74. The zero-order valence-corrected chi connectivity index (χ0v) is 9.73. The molecule has 0 unspecified atom stereocenters. The first kappa shape index (κ1) is 12.2. The second-order valence-electron chi connectivity index (χ2n) is 3.66. The van der Waals surface area contributed by atoms with E-state index in [1.165, 1.54) is 18.2 Å². The number of carboxylic acid groups (broad SMARTS) is 2. The summed E-state index contributed by atoms with van der Waals surface area (Å²) in [4.78, 5) is 22.3. The molecule has 0 radical (unpaired) electrons. The molecule has 0 bridgehead atoms. The van der Waals surface area contributed by atoms with Crippen LogP contribution >= 0.6 is 11.6 Å². The number of hydrogen-bond acceptors (Lipinski definition) is 3. The molecule has 0 fully saturated rings. The predicted molar refractivity (Wildman–Crippen MR) is 67.3 cm³/mol. The van der Waals surface area contributed by atoms with E-state index in [-0.39, 0.29) is 27.2 Å². The van der Waals surface area contributed by atoms with Crippen LogP contribution in [0.3, 0.4) is 0 Å². The molecule has 0 saturated carbocycles. The molecule has 2 aromatic carbocycles. The monoisotopic (exact) mass is 265 g/mol. The normalized spacial score (nSPS) is 10.5. The average molecular weight is 266 g/mol. The van der Waals surface area contributed by atoms with E-state index in [4.69, 9.17) is 27.5 Å². The molecule has 18 heavy (non-hydrogen) atoms. The number of nitrogens with two attached hydrogens (primary N) is 1. The number of rotatable bonds is 2. The van der Waals surface area contributed by atoms with E-state index in [0.29, 0.717) is 5.39 Å². The first-order valence-electron chi connectivity index (χ1n) is 4.90. The number of benzene rings is 2. The van der Waals surface area contributed by atoms with Gasteiger partial charge in [0.2, 0.25) is 0 Å². The number of anilines is 1. The minimum Gasteiger partial charge on any atom is -0.478 e. The van der Waals surface area contributed by atoms with Gasteiger partial charge >= 0.3 is 11.9 Å². The predicted octanol–water partition coefficient (Wildman–Crippen LogP) is 2.47. The standard InChI is InChI=1S/C12H8ClNO4/c13-8-4-7(12(17)18)9-5(10(8)14)2-1-3-6(9)11(15)16/h1-4H,14H2,(H,15,16)(H,17,18). The number of nitrogen functional groups attached to an aromatic ring is 1. The van der Waals surface area contributed by atoms with Gasteiger partial charge in [0, 0.05) is 10.8 Å². The van der Waals surface area contributed by atoms with Gasteiger partial charge in [0.05, 0.1) is 21.8 Å². The Labute approximate surface area is 106 Å². The summed E-state index contributed by atoms with van der Waals surface area (Å²) in [5.74, 6) is -2.47. The molecule has 2 rings (SSSR count). The molecule has 0 spiro atoms. The van der Waals surface area contributed by atoms with Crippen molar-refractivity contribution in [2.75, 3.05) is 5.73 Å². The fourth-order valence-corrected chi connectivity index (χ4v) is 2.03. The molecule has 0 aliphatic rings. The minimum absolute atomic E-state index is 0.0828. The quantitative estimate of drug-likeness (QED) is 0.724. The average Bonchev–Trinajstić information content (AvgIpc) is 2.32. The first-order valence-corrected chi connectivity index (χ1v) is 5.28. The largest absolute Gasteiger partial charge is 0.478 e. The lowest BCUT2D eigenvalue weighted by molar-refractivity contribution is 0.0695. The highest BCUT2D eigenvalue weighted by atomic mass is 35.5. The zero-order chi connectivity index (χ0) is 13.4. The van der Waals surface area contributed by atoms with Crippen LogP contribution in [0.1, 0.15) is 20.7 Å². The van der Waals surface area contributed by atoms with Crippen LogP contribution in [0.4, 0.5) is 5.69 Å². The number of aromatic carboxylic acids is 2. The van der Waals surface area contributed by atoms with Crippen molar-refractivity contribution in [2.45, 2.75) is 0 Å². The summed E-state index contributed by atoms with van der Waals surface area (Å²) in [6.45, 7) is 0. The van der Waals surface area contributed by atoms with E-state index in [1.54, 1.807) is 0 Å². The Hall–Kier alpha value is -2.27. The van der Waals surface area contributed by atoms with Gasteiger partial charge < -0.3 is 15.9 Å². The molecule has 5 nitrogen and oxygen atoms in total. The van der Waals surface area contributed by atoms with Gasteiger partial charge in [0.15, 0.2) is 0 Å². The Morgan fingerprint density at radius 2 is 1.72 bits per heavy atom. The summed E-state index contributed by atoms with van der Waals surface area (Å²) in [6.07, 6.45) is 0. The van der Waals surface area contributed by atoms with Crippen molar-refractivity contribution in [2.24, 2.45) is 0 Å². The van der Waals surface area contributed by atoms with Crippen molar-refractivity contribution < 1.29 is 19.8 Å². The van der Waals surface area contributed by atoms with E-state index in [9.17, 15) is 9.59 Å². The van der Waals surface area contributed by atoms with Gasteiger partial charge in [-0.15, -0.1) is 0 Å². The maximum Gasteiger partial charge on any atom is 0.336 e. The lowest BCUT2D eigenvalue weighted by Gasteiger charge is -2.10. The second-order valence-corrected chi connectivity index (χ2v) is 4.07. The van der Waals surface area contributed by atoms with Gasteiger partial charge in [0.1, 0.15) is 0 Å². The van der Waals surface area contributed by atoms with Crippen LogP contribution in [0, 0.1) is 0 Å². The summed E-state index contributed by atoms with van der Waals surface area (Å²) >= 11 is 5.83. The Bertz CT molecular complexity index is 681. The van der Waals surface area contributed by atoms with Crippen LogP contribution in [-0.4, -0.2) is 22.2 Å². The molecular weight excluding hydrogens is 258 g/mol. The molecule has 0 aliphatic carbocycles. The van der Waals surface area contributed by atoms with Gasteiger partial charge in [0.25, 0.3) is 0 Å². The number of fused-ring (bicyclic) bond motifs is 1. The van der Waals surface area contributed by atoms with Crippen molar-refractivity contribution in [3.05, 3.63) is 40.4 Å². The lowest BCUT2D eigenvalue weighted by atomic mass is 9.98. The maximum absolute atomic E-state index is 11.2. The Balaban J connectivity index is 3.04. The van der Waals surface area contributed by atoms with Crippen molar-refractivity contribution in [1.82, 2.24) is 0 Å². The SMILES string of the molecule is Nc1c(Cl)cc(C(=O)O)c2c(C(=O)O)cccc12. The third-order valence-corrected chi connectivity index (χ3v) is 2.93. The van der Waals surface area contributed by atoms with Crippen molar-refractivity contribution in [3.63, 3.8) is 0 Å². The number of hydrogen-bond donors (Lipinski definition) is 3. The zero-order valence-electron chi connectivity index (χ0n) is 8.98. The molecule has 0 saturated heterocycles. The Morgan fingerprint density at radius 3 is 2.28 bits per heavy atom. The van der Waals surface area contributed by atoms with Crippen molar-refractivity contribution >= 4 is 40.0 Å². The summed E-state index contributed by atoms with van der Waals surface area (Å²) in [5, 5.41) is 18.7. The molecular formula is C12H8ClNO4. The van der Waals surface area contributed by atoms with Crippen LogP contribution in [0.15, 0.2) is 24.3 Å². The molecule has 0 amide bonds. The van der Waals surface area contributed by atoms with Gasteiger partial charge in [-0.1, -0.05) is 23.7 Å². The van der Waals surface area contributed by atoms with Crippen LogP contribution < -0.4 is 5.73 Å². The summed E-state index contributed by atoms with van der Waals surface area (Å²) in [6, 6.07) is 5.51. The summed E-state index contributed by atoms with van der Waals surface area (Å²) < 4.78 is 0. The maximum atomic E-state index is 11.2. The Kier molecular flexibility index (Phi) is 2.84. The van der Waals surface area contributed by atoms with Gasteiger partial charge in [-0.05, 0) is 12.1 Å². The smallest absolute Gasteiger partial charge is 0.336 e. The van der Waals surface area contributed by atoms with E-state index in [1.807, 2.05) is 0 Å². The van der Waals surface area contributed by atoms with E-state index < -0.39 is 11.9 Å². The molecule has 0 aromatic heterocycles. The molecule has 92 valence electrons. The third-order valence-electron chi connectivity index (χ3n) is 2.61.